The van der Waals surface area contributed by atoms with Crippen molar-refractivity contribution in [1.29, 1.82) is 0 Å². The molecule has 1 saturated heterocycles. The van der Waals surface area contributed by atoms with E-state index in [0.717, 1.165) is 24.6 Å². The molecule has 1 atom stereocenters. The molecule has 0 bridgehead atoms. The Morgan fingerprint density at radius 1 is 0.909 bits per heavy atom. The van der Waals surface area contributed by atoms with Crippen LogP contribution < -0.4 is 0 Å². The second-order valence-corrected chi connectivity index (χ2v) is 7.03. The molecule has 0 amide bonds. The van der Waals surface area contributed by atoms with Gasteiger partial charge in [0.2, 0.25) is 0 Å². The lowest BCUT2D eigenvalue weighted by molar-refractivity contribution is -0.898. The van der Waals surface area contributed by atoms with Gasteiger partial charge in [-0.15, -0.1) is 0 Å². The smallest absolute Gasteiger partial charge is 0.107 e. The van der Waals surface area contributed by atoms with Gasteiger partial charge in [-0.05, 0) is 25.7 Å². The number of unbranched alkanes of at least 4 members (excludes halogenated alkanes) is 7. The molecule has 1 heterocycles. The zero-order chi connectivity index (χ0) is 16.7. The monoisotopic (exact) mass is 318 g/mol. The van der Waals surface area contributed by atoms with E-state index >= 15 is 0 Å². The van der Waals surface area contributed by atoms with E-state index in [1.807, 2.05) is 0 Å². The van der Waals surface area contributed by atoms with E-state index < -0.39 is 0 Å². The molecule has 0 aromatic heterocycles. The SMILES string of the molecule is CO.C[N+]1(C)CCCC(OCCCCCCCCCCO)C1. The van der Waals surface area contributed by atoms with E-state index in [1.54, 1.807) is 0 Å². The molecule has 1 fully saturated rings. The number of aliphatic hydroxyl groups excluding tert-OH is 2. The van der Waals surface area contributed by atoms with E-state index in [4.69, 9.17) is 14.9 Å². The molecule has 1 rings (SSSR count). The molecule has 1 unspecified atom stereocenters. The van der Waals surface area contributed by atoms with Crippen LogP contribution in [0.2, 0.25) is 0 Å². The number of likely N-dealkylation sites (tertiary alicyclic amines) is 1. The second kappa shape index (κ2) is 14.4. The van der Waals surface area contributed by atoms with Crippen molar-refractivity contribution < 1.29 is 19.4 Å². The maximum absolute atomic E-state index is 8.69. The molecule has 2 N–H and O–H groups in total. The number of ether oxygens (including phenoxy) is 1. The lowest BCUT2D eigenvalue weighted by Crippen LogP contribution is -2.50. The summed E-state index contributed by atoms with van der Waals surface area (Å²) in [7, 11) is 5.62. The summed E-state index contributed by atoms with van der Waals surface area (Å²) in [4.78, 5) is 0. The fourth-order valence-electron chi connectivity index (χ4n) is 3.14. The first-order chi connectivity index (χ1) is 10.6. The van der Waals surface area contributed by atoms with Crippen molar-refractivity contribution >= 4 is 0 Å². The van der Waals surface area contributed by atoms with Crippen molar-refractivity contribution in [2.45, 2.75) is 70.3 Å². The van der Waals surface area contributed by atoms with E-state index in [9.17, 15) is 0 Å². The van der Waals surface area contributed by atoms with Crippen LogP contribution in [0.3, 0.4) is 0 Å². The summed E-state index contributed by atoms with van der Waals surface area (Å²) in [6.45, 7) is 3.80. The second-order valence-electron chi connectivity index (χ2n) is 7.03. The summed E-state index contributed by atoms with van der Waals surface area (Å²) in [5.74, 6) is 0. The zero-order valence-corrected chi connectivity index (χ0v) is 15.2. The molecular formula is C18H40NO3+. The van der Waals surface area contributed by atoms with Gasteiger partial charge in [0.05, 0.1) is 20.6 Å². The largest absolute Gasteiger partial charge is 0.400 e. The predicted octanol–water partition coefficient (Wildman–Crippen LogP) is 2.96. The maximum Gasteiger partial charge on any atom is 0.107 e. The van der Waals surface area contributed by atoms with Gasteiger partial charge in [0.1, 0.15) is 12.6 Å². The van der Waals surface area contributed by atoms with Crippen molar-refractivity contribution in [2.24, 2.45) is 0 Å². The summed E-state index contributed by atoms with van der Waals surface area (Å²) in [6.07, 6.45) is 13.1. The molecular weight excluding hydrogens is 278 g/mol. The van der Waals surface area contributed by atoms with Crippen molar-refractivity contribution in [1.82, 2.24) is 0 Å². The van der Waals surface area contributed by atoms with Gasteiger partial charge in [-0.25, -0.2) is 0 Å². The third kappa shape index (κ3) is 12.4. The molecule has 0 aromatic carbocycles. The Labute approximate surface area is 138 Å². The van der Waals surface area contributed by atoms with Gasteiger partial charge in [-0.3, -0.25) is 0 Å². The van der Waals surface area contributed by atoms with E-state index in [1.165, 1.54) is 70.9 Å². The van der Waals surface area contributed by atoms with Crippen LogP contribution in [0.5, 0.6) is 0 Å². The minimum absolute atomic E-state index is 0.355. The molecule has 4 heteroatoms. The first kappa shape index (κ1) is 21.8. The van der Waals surface area contributed by atoms with Crippen LogP contribution >= 0.6 is 0 Å². The minimum atomic E-state index is 0.355. The number of hydrogen-bond acceptors (Lipinski definition) is 3. The fourth-order valence-corrected chi connectivity index (χ4v) is 3.14. The number of nitrogens with zero attached hydrogens (tertiary/aromatic N) is 1. The number of likely N-dealkylation sites (N-methyl/N-ethyl adjacent to an activating group) is 1. The highest BCUT2D eigenvalue weighted by molar-refractivity contribution is 4.63. The van der Waals surface area contributed by atoms with Crippen molar-refractivity contribution in [3.05, 3.63) is 0 Å². The average molecular weight is 319 g/mol. The standard InChI is InChI=1S/C17H36NO2.CH4O/c1-18(2)13-11-12-17(16-18)20-15-10-8-6-4-3-5-7-9-14-19;1-2/h17,19H,3-16H2,1-2H3;2H,1H3/q+1;. The van der Waals surface area contributed by atoms with Crippen LogP contribution in [-0.4, -0.2) is 68.3 Å². The Bertz CT molecular complexity index is 234. The van der Waals surface area contributed by atoms with Gasteiger partial charge in [-0.2, -0.15) is 0 Å². The van der Waals surface area contributed by atoms with Crippen LogP contribution in [0.15, 0.2) is 0 Å². The quantitative estimate of drug-likeness (QED) is 0.455. The van der Waals surface area contributed by atoms with Crippen molar-refractivity contribution in [3.8, 4) is 0 Å². The van der Waals surface area contributed by atoms with E-state index in [-0.39, 0.29) is 0 Å². The van der Waals surface area contributed by atoms with E-state index in [2.05, 4.69) is 14.1 Å². The van der Waals surface area contributed by atoms with E-state index in [0.29, 0.717) is 12.7 Å². The summed E-state index contributed by atoms with van der Waals surface area (Å²) in [6, 6.07) is 0. The predicted molar refractivity (Wildman–Crippen MR) is 93.0 cm³/mol. The van der Waals surface area contributed by atoms with Gasteiger partial charge in [0.25, 0.3) is 0 Å². The lowest BCUT2D eigenvalue weighted by atomic mass is 10.1. The molecule has 4 nitrogen and oxygen atoms in total. The summed E-state index contributed by atoms with van der Waals surface area (Å²) in [5, 5.41) is 15.7. The number of quaternary nitrogens is 1. The van der Waals surface area contributed by atoms with Crippen LogP contribution in [0.4, 0.5) is 0 Å². The number of rotatable bonds is 11. The van der Waals surface area contributed by atoms with Crippen LogP contribution in [-0.2, 0) is 4.74 Å². The molecule has 0 saturated carbocycles. The normalized spacial score (nSPS) is 20.3. The molecule has 1 aliphatic heterocycles. The lowest BCUT2D eigenvalue weighted by Gasteiger charge is -2.37. The van der Waals surface area contributed by atoms with Gasteiger partial charge in [0.15, 0.2) is 0 Å². The van der Waals surface area contributed by atoms with Crippen molar-refractivity contribution in [2.75, 3.05) is 47.5 Å². The van der Waals surface area contributed by atoms with Gasteiger partial charge < -0.3 is 19.4 Å². The summed E-state index contributed by atoms with van der Waals surface area (Å²) in [5.41, 5.74) is 0. The minimum Gasteiger partial charge on any atom is -0.400 e. The van der Waals surface area contributed by atoms with Crippen LogP contribution in [0, 0.1) is 0 Å². The Morgan fingerprint density at radius 2 is 1.45 bits per heavy atom. The highest BCUT2D eigenvalue weighted by Crippen LogP contribution is 2.17. The summed E-state index contributed by atoms with van der Waals surface area (Å²) >= 11 is 0. The Morgan fingerprint density at radius 3 is 2.00 bits per heavy atom. The van der Waals surface area contributed by atoms with Crippen molar-refractivity contribution in [3.63, 3.8) is 0 Å². The maximum atomic E-state index is 8.69. The molecule has 0 aromatic rings. The Hall–Kier alpha value is -0.160. The van der Waals surface area contributed by atoms with Crippen LogP contribution in [0.25, 0.3) is 0 Å². The third-order valence-corrected chi connectivity index (χ3v) is 4.39. The summed E-state index contributed by atoms with van der Waals surface area (Å²) < 4.78 is 7.16. The van der Waals surface area contributed by atoms with Gasteiger partial charge in [-0.1, -0.05) is 38.5 Å². The Balaban J connectivity index is 0.00000211. The zero-order valence-electron chi connectivity index (χ0n) is 15.2. The molecule has 0 aliphatic carbocycles. The van der Waals surface area contributed by atoms with Crippen LogP contribution in [0.1, 0.15) is 64.2 Å². The molecule has 134 valence electrons. The number of piperidine rings is 1. The molecule has 1 aliphatic rings. The highest BCUT2D eigenvalue weighted by atomic mass is 16.5. The van der Waals surface area contributed by atoms with Gasteiger partial charge >= 0.3 is 0 Å². The first-order valence-corrected chi connectivity index (χ1v) is 9.13. The molecule has 0 spiro atoms. The number of hydrogen-bond donors (Lipinski definition) is 2. The first-order valence-electron chi connectivity index (χ1n) is 9.13. The topological polar surface area (TPSA) is 49.7 Å². The fraction of sp³-hybridized carbons (Fsp3) is 1.00. The average Bonchev–Trinajstić information content (AvgIpc) is 2.50. The highest BCUT2D eigenvalue weighted by Gasteiger charge is 2.27. The Kier molecular flexibility index (Phi) is 14.3. The van der Waals surface area contributed by atoms with Gasteiger partial charge in [0, 0.05) is 20.3 Å². The molecule has 22 heavy (non-hydrogen) atoms. The molecule has 0 radical (unpaired) electrons. The third-order valence-electron chi connectivity index (χ3n) is 4.39. The number of aliphatic hydroxyl groups is 2.